The molecule has 0 radical (unpaired) electrons. The Hall–Kier alpha value is -2.22. The average Bonchev–Trinajstić information content (AvgIpc) is 2.38. The number of rotatable bonds is 1. The molecule has 0 saturated carbocycles. The van der Waals surface area contributed by atoms with Crippen LogP contribution in [0.1, 0.15) is 18.9 Å². The van der Waals surface area contributed by atoms with Gasteiger partial charge in [-0.15, -0.1) is 0 Å². The van der Waals surface area contributed by atoms with E-state index in [1.807, 2.05) is 37.3 Å². The van der Waals surface area contributed by atoms with E-state index in [1.165, 1.54) is 0 Å². The van der Waals surface area contributed by atoms with Crippen LogP contribution in [0.25, 0.3) is 5.57 Å². The van der Waals surface area contributed by atoms with Crippen LogP contribution >= 0.6 is 0 Å². The van der Waals surface area contributed by atoms with Gasteiger partial charge in [-0.1, -0.05) is 30.4 Å². The molecule has 1 aromatic rings. The van der Waals surface area contributed by atoms with Crippen molar-refractivity contribution in [1.29, 1.82) is 0 Å². The summed E-state index contributed by atoms with van der Waals surface area (Å²) in [4.78, 5) is 0. The molecule has 18 heavy (non-hydrogen) atoms. The Balaban J connectivity index is 2.22. The summed E-state index contributed by atoms with van der Waals surface area (Å²) in [5, 5.41) is 9.28. The predicted molar refractivity (Wildman–Crippen MR) is 73.8 cm³/mol. The zero-order chi connectivity index (χ0) is 12.8. The zero-order valence-corrected chi connectivity index (χ0v) is 10.3. The van der Waals surface area contributed by atoms with Gasteiger partial charge in [0.1, 0.15) is 5.75 Å². The molecule has 0 spiro atoms. The summed E-state index contributed by atoms with van der Waals surface area (Å²) in [5.41, 5.74) is 3.27. The monoisotopic (exact) mass is 240 g/mol. The van der Waals surface area contributed by atoms with Gasteiger partial charge in [0, 0.05) is 0 Å². The zero-order valence-electron chi connectivity index (χ0n) is 10.3. The summed E-state index contributed by atoms with van der Waals surface area (Å²) in [6, 6.07) is 7.13. The van der Waals surface area contributed by atoms with Crippen LogP contribution in [0.3, 0.4) is 0 Å². The van der Waals surface area contributed by atoms with Crippen LogP contribution < -0.4 is 0 Å². The lowest BCUT2D eigenvalue weighted by atomic mass is 10.0. The molecule has 2 rings (SSSR count). The van der Waals surface area contributed by atoms with E-state index in [1.54, 1.807) is 24.7 Å². The first-order valence-electron chi connectivity index (χ1n) is 5.89. The maximum absolute atomic E-state index is 9.28. The Morgan fingerprint density at radius 2 is 1.94 bits per heavy atom. The van der Waals surface area contributed by atoms with Gasteiger partial charge in [-0.3, -0.25) is 0 Å². The molecule has 2 heteroatoms. The Bertz CT molecular complexity index is 517. The van der Waals surface area contributed by atoms with E-state index >= 15 is 0 Å². The number of phenols is 1. The van der Waals surface area contributed by atoms with Crippen molar-refractivity contribution >= 4 is 5.57 Å². The van der Waals surface area contributed by atoms with Gasteiger partial charge in [0.25, 0.3) is 0 Å². The highest BCUT2D eigenvalue weighted by Crippen LogP contribution is 2.22. The number of allylic oxidation sites excluding steroid dienone is 6. The normalized spacial score (nSPS) is 24.9. The topological polar surface area (TPSA) is 29.5 Å². The van der Waals surface area contributed by atoms with Gasteiger partial charge in [0.05, 0.1) is 12.5 Å². The second-order valence-corrected chi connectivity index (χ2v) is 4.17. The maximum atomic E-state index is 9.28. The third kappa shape index (κ3) is 3.39. The lowest BCUT2D eigenvalue weighted by molar-refractivity contribution is 0.403. The van der Waals surface area contributed by atoms with Crippen molar-refractivity contribution in [3.8, 4) is 5.75 Å². The molecule has 0 unspecified atom stereocenters. The second-order valence-electron chi connectivity index (χ2n) is 4.17. The van der Waals surface area contributed by atoms with Crippen LogP contribution in [0.4, 0.5) is 0 Å². The predicted octanol–water partition coefficient (Wildman–Crippen LogP) is 4.17. The van der Waals surface area contributed by atoms with Gasteiger partial charge in [-0.25, -0.2) is 0 Å². The van der Waals surface area contributed by atoms with Crippen LogP contribution in [0.5, 0.6) is 5.75 Å². The number of phenolic OH excluding ortho intramolecular Hbond substituents is 1. The molecule has 0 atom stereocenters. The molecular weight excluding hydrogens is 224 g/mol. The van der Waals surface area contributed by atoms with Gasteiger partial charge in [-0.2, -0.15) is 0 Å². The summed E-state index contributed by atoms with van der Waals surface area (Å²) in [6.45, 7) is 2.02. The lowest BCUT2D eigenvalue weighted by Gasteiger charge is -2.06. The van der Waals surface area contributed by atoms with Gasteiger partial charge in [-0.05, 0) is 48.3 Å². The number of benzene rings is 1. The molecule has 0 saturated heterocycles. The first kappa shape index (κ1) is 12.2. The molecule has 1 aromatic carbocycles. The highest BCUT2D eigenvalue weighted by atomic mass is 16.5. The molecule has 1 aliphatic heterocycles. The van der Waals surface area contributed by atoms with Crippen molar-refractivity contribution in [3.63, 3.8) is 0 Å². The van der Waals surface area contributed by atoms with E-state index < -0.39 is 0 Å². The van der Waals surface area contributed by atoms with E-state index in [4.69, 9.17) is 4.74 Å². The third-order valence-electron chi connectivity index (χ3n) is 2.69. The minimum Gasteiger partial charge on any atom is -0.508 e. The molecule has 0 fully saturated rings. The fraction of sp³-hybridized carbons (Fsp3) is 0.125. The summed E-state index contributed by atoms with van der Waals surface area (Å²) >= 11 is 0. The number of ether oxygens (including phenoxy) is 1. The molecule has 0 aliphatic carbocycles. The summed E-state index contributed by atoms with van der Waals surface area (Å²) < 4.78 is 5.40. The Labute approximate surface area is 107 Å². The third-order valence-corrected chi connectivity index (χ3v) is 2.69. The van der Waals surface area contributed by atoms with Crippen molar-refractivity contribution in [1.82, 2.24) is 0 Å². The van der Waals surface area contributed by atoms with Crippen LogP contribution in [0.15, 0.2) is 66.7 Å². The molecule has 0 amide bonds. The Morgan fingerprint density at radius 3 is 2.72 bits per heavy atom. The van der Waals surface area contributed by atoms with Crippen molar-refractivity contribution in [3.05, 3.63) is 72.2 Å². The quantitative estimate of drug-likeness (QED) is 0.798. The smallest absolute Gasteiger partial charge is 0.115 e. The molecule has 1 N–H and O–H groups in total. The van der Waals surface area contributed by atoms with E-state index in [-0.39, 0.29) is 5.75 Å². The molecule has 2 nitrogen and oxygen atoms in total. The fourth-order valence-corrected chi connectivity index (χ4v) is 1.65. The first-order valence-corrected chi connectivity index (χ1v) is 5.89. The Kier molecular flexibility index (Phi) is 4.02. The van der Waals surface area contributed by atoms with Gasteiger partial charge < -0.3 is 9.84 Å². The summed E-state index contributed by atoms with van der Waals surface area (Å²) in [7, 11) is 0. The standard InChI is InChI=1S/C16H16O2/c1-13-4-2-3-5-15(12-18-11-10-13)14-6-8-16(17)9-7-14/h2-4,6-12,17H,5H2,1H3/b3-2+,11-10+,13-4-,15-12+. The molecule has 1 heterocycles. The van der Waals surface area contributed by atoms with Crippen molar-refractivity contribution < 1.29 is 9.84 Å². The largest absolute Gasteiger partial charge is 0.508 e. The van der Waals surface area contributed by atoms with E-state index in [0.717, 1.165) is 23.1 Å². The van der Waals surface area contributed by atoms with Crippen LogP contribution in [0.2, 0.25) is 0 Å². The van der Waals surface area contributed by atoms with Crippen LogP contribution in [0, 0.1) is 0 Å². The van der Waals surface area contributed by atoms with E-state index in [9.17, 15) is 5.11 Å². The summed E-state index contributed by atoms with van der Waals surface area (Å²) in [5.74, 6) is 0.272. The molecule has 92 valence electrons. The van der Waals surface area contributed by atoms with Crippen LogP contribution in [-0.2, 0) is 4.74 Å². The van der Waals surface area contributed by atoms with Gasteiger partial charge >= 0.3 is 0 Å². The van der Waals surface area contributed by atoms with Gasteiger partial charge in [0.2, 0.25) is 0 Å². The fourth-order valence-electron chi connectivity index (χ4n) is 1.65. The molecule has 0 aromatic heterocycles. The van der Waals surface area contributed by atoms with Crippen molar-refractivity contribution in [2.75, 3.05) is 0 Å². The highest BCUT2D eigenvalue weighted by Gasteiger charge is 2.01. The van der Waals surface area contributed by atoms with Gasteiger partial charge in [0.15, 0.2) is 0 Å². The second kappa shape index (κ2) is 5.92. The number of hydrogen-bond acceptors (Lipinski definition) is 2. The maximum Gasteiger partial charge on any atom is 0.115 e. The SMILES string of the molecule is CC1=C/C=C/C/C(c2ccc(O)cc2)=C\O\C=C\1. The number of aromatic hydroxyl groups is 1. The van der Waals surface area contributed by atoms with Crippen molar-refractivity contribution in [2.45, 2.75) is 13.3 Å². The van der Waals surface area contributed by atoms with Crippen molar-refractivity contribution in [2.24, 2.45) is 0 Å². The summed E-state index contributed by atoms with van der Waals surface area (Å²) in [6.07, 6.45) is 12.3. The highest BCUT2D eigenvalue weighted by molar-refractivity contribution is 5.66. The minimum absolute atomic E-state index is 0.272. The van der Waals surface area contributed by atoms with E-state index in [2.05, 4.69) is 6.08 Å². The number of hydrogen-bond donors (Lipinski definition) is 1. The molecule has 1 aliphatic rings. The average molecular weight is 240 g/mol. The Morgan fingerprint density at radius 1 is 1.17 bits per heavy atom. The molecule has 0 bridgehead atoms. The first-order chi connectivity index (χ1) is 8.75. The van der Waals surface area contributed by atoms with E-state index in [0.29, 0.717) is 0 Å². The lowest BCUT2D eigenvalue weighted by Crippen LogP contribution is -1.85. The van der Waals surface area contributed by atoms with Crippen LogP contribution in [-0.4, -0.2) is 5.11 Å². The molecular formula is C16H16O2. The minimum atomic E-state index is 0.272.